The van der Waals surface area contributed by atoms with Crippen molar-refractivity contribution >= 4 is 27.8 Å². The van der Waals surface area contributed by atoms with E-state index in [1.807, 2.05) is 17.5 Å². The molecule has 2 rings (SSSR count). The first-order chi connectivity index (χ1) is 9.44. The molecule has 0 amide bonds. The summed E-state index contributed by atoms with van der Waals surface area (Å²) in [7, 11) is 2.12. The van der Waals surface area contributed by atoms with Gasteiger partial charge in [-0.1, -0.05) is 6.07 Å². The largest absolute Gasteiger partial charge is 0.351 e. The molecule has 0 saturated heterocycles. The Morgan fingerprint density at radius 1 is 1.30 bits per heavy atom. The summed E-state index contributed by atoms with van der Waals surface area (Å²) < 4.78 is 0. The van der Waals surface area contributed by atoms with Crippen LogP contribution in [0.2, 0.25) is 0 Å². The first-order valence-electron chi connectivity index (χ1n) is 6.87. The highest BCUT2D eigenvalue weighted by Gasteiger charge is 2.11. The Hall–Kier alpha value is -0.910. The third kappa shape index (κ3) is 4.89. The third-order valence-electron chi connectivity index (χ3n) is 2.93. The summed E-state index contributed by atoms with van der Waals surface area (Å²) in [5.74, 6) is 0. The van der Waals surface area contributed by atoms with Crippen molar-refractivity contribution in [2.24, 2.45) is 0 Å². The Kier molecular flexibility index (Phi) is 5.18. The van der Waals surface area contributed by atoms with Crippen LogP contribution in [0.4, 0.5) is 5.13 Å². The molecule has 20 heavy (non-hydrogen) atoms. The van der Waals surface area contributed by atoms with Gasteiger partial charge in [-0.15, -0.1) is 22.7 Å². The fourth-order valence-electron chi connectivity index (χ4n) is 1.74. The van der Waals surface area contributed by atoms with Gasteiger partial charge in [0, 0.05) is 41.6 Å². The van der Waals surface area contributed by atoms with Crippen molar-refractivity contribution in [3.8, 4) is 0 Å². The molecule has 0 aliphatic carbocycles. The van der Waals surface area contributed by atoms with Crippen molar-refractivity contribution in [1.82, 2.24) is 10.3 Å². The second-order valence-electron chi connectivity index (χ2n) is 5.96. The number of thiophene rings is 1. The van der Waals surface area contributed by atoms with E-state index in [0.29, 0.717) is 0 Å². The molecular weight excluding hydrogens is 286 g/mol. The molecule has 5 heteroatoms. The monoisotopic (exact) mass is 309 g/mol. The van der Waals surface area contributed by atoms with Gasteiger partial charge < -0.3 is 10.2 Å². The van der Waals surface area contributed by atoms with Crippen LogP contribution in [0, 0.1) is 0 Å². The molecule has 1 N–H and O–H groups in total. The van der Waals surface area contributed by atoms with E-state index in [0.717, 1.165) is 24.6 Å². The normalized spacial score (nSPS) is 11.8. The molecule has 0 aliphatic heterocycles. The Bertz CT molecular complexity index is 511. The minimum atomic E-state index is 0.148. The molecule has 0 unspecified atom stereocenters. The molecule has 0 atom stereocenters. The zero-order chi connectivity index (χ0) is 14.6. The lowest BCUT2D eigenvalue weighted by Gasteiger charge is -2.19. The average Bonchev–Trinajstić information content (AvgIpc) is 3.04. The average molecular weight is 310 g/mol. The molecule has 0 bridgehead atoms. The second-order valence-corrected chi connectivity index (χ2v) is 8.09. The molecule has 0 fully saturated rings. The summed E-state index contributed by atoms with van der Waals surface area (Å²) in [6.07, 6.45) is 3.07. The van der Waals surface area contributed by atoms with Gasteiger partial charge in [-0.25, -0.2) is 4.98 Å². The topological polar surface area (TPSA) is 28.2 Å². The van der Waals surface area contributed by atoms with Crippen LogP contribution in [0.15, 0.2) is 23.7 Å². The van der Waals surface area contributed by atoms with Gasteiger partial charge in [-0.2, -0.15) is 0 Å². The summed E-state index contributed by atoms with van der Waals surface area (Å²) in [6, 6.07) is 4.30. The van der Waals surface area contributed by atoms with Crippen LogP contribution in [0.3, 0.4) is 0 Å². The van der Waals surface area contributed by atoms with Crippen molar-refractivity contribution in [3.05, 3.63) is 33.5 Å². The molecule has 110 valence electrons. The second kappa shape index (κ2) is 6.70. The van der Waals surface area contributed by atoms with Gasteiger partial charge in [-0.3, -0.25) is 0 Å². The number of hydrogen-bond acceptors (Lipinski definition) is 5. The fourth-order valence-corrected chi connectivity index (χ4v) is 3.27. The van der Waals surface area contributed by atoms with E-state index >= 15 is 0 Å². The highest BCUT2D eigenvalue weighted by molar-refractivity contribution is 7.15. The maximum atomic E-state index is 4.52. The first kappa shape index (κ1) is 15.5. The minimum Gasteiger partial charge on any atom is -0.351 e. The van der Waals surface area contributed by atoms with Crippen LogP contribution in [0.1, 0.15) is 30.5 Å². The molecule has 3 nitrogen and oxygen atoms in total. The number of nitrogens with one attached hydrogen (secondary N) is 1. The maximum absolute atomic E-state index is 4.52. The van der Waals surface area contributed by atoms with E-state index in [-0.39, 0.29) is 5.54 Å². The van der Waals surface area contributed by atoms with Gasteiger partial charge >= 0.3 is 0 Å². The number of hydrogen-bond donors (Lipinski definition) is 1. The lowest BCUT2D eigenvalue weighted by Crippen LogP contribution is -2.34. The van der Waals surface area contributed by atoms with Crippen molar-refractivity contribution < 1.29 is 0 Å². The van der Waals surface area contributed by atoms with Crippen LogP contribution in [0.25, 0.3) is 0 Å². The fraction of sp³-hybridized carbons (Fsp3) is 0.533. The highest BCUT2D eigenvalue weighted by Crippen LogP contribution is 2.22. The number of rotatable bonds is 6. The van der Waals surface area contributed by atoms with Crippen LogP contribution in [-0.2, 0) is 13.0 Å². The summed E-state index contributed by atoms with van der Waals surface area (Å²) in [4.78, 5) is 9.49. The van der Waals surface area contributed by atoms with E-state index < -0.39 is 0 Å². The van der Waals surface area contributed by atoms with E-state index in [1.165, 1.54) is 9.75 Å². The maximum Gasteiger partial charge on any atom is 0.185 e. The summed E-state index contributed by atoms with van der Waals surface area (Å²) in [6.45, 7) is 8.45. The molecule has 2 heterocycles. The van der Waals surface area contributed by atoms with Crippen LogP contribution < -0.4 is 10.2 Å². The van der Waals surface area contributed by atoms with E-state index in [9.17, 15) is 0 Å². The van der Waals surface area contributed by atoms with Gasteiger partial charge in [-0.05, 0) is 38.6 Å². The smallest absolute Gasteiger partial charge is 0.185 e. The summed E-state index contributed by atoms with van der Waals surface area (Å²) in [5.41, 5.74) is 0.148. The molecule has 0 radical (unpaired) electrons. The minimum absolute atomic E-state index is 0.148. The van der Waals surface area contributed by atoms with Gasteiger partial charge in [0.05, 0.1) is 0 Å². The van der Waals surface area contributed by atoms with Gasteiger partial charge in [0.2, 0.25) is 0 Å². The van der Waals surface area contributed by atoms with E-state index in [2.05, 4.69) is 60.5 Å². The first-order valence-corrected chi connectivity index (χ1v) is 8.57. The quantitative estimate of drug-likeness (QED) is 0.880. The Morgan fingerprint density at radius 2 is 2.10 bits per heavy atom. The number of aromatic nitrogens is 1. The summed E-state index contributed by atoms with van der Waals surface area (Å²) in [5, 5.41) is 6.74. The van der Waals surface area contributed by atoms with Crippen LogP contribution in [-0.4, -0.2) is 24.1 Å². The zero-order valence-corrected chi connectivity index (χ0v) is 14.3. The van der Waals surface area contributed by atoms with Crippen molar-refractivity contribution in [1.29, 1.82) is 0 Å². The van der Waals surface area contributed by atoms with Gasteiger partial charge in [0.1, 0.15) is 0 Å². The molecule has 0 aliphatic rings. The molecule has 0 spiro atoms. The predicted molar refractivity (Wildman–Crippen MR) is 90.0 cm³/mol. The predicted octanol–water partition coefficient (Wildman–Crippen LogP) is 3.77. The number of anilines is 1. The lowest BCUT2D eigenvalue weighted by atomic mass is 10.1. The molecule has 0 saturated carbocycles. The van der Waals surface area contributed by atoms with Crippen molar-refractivity contribution in [2.45, 2.75) is 39.3 Å². The zero-order valence-electron chi connectivity index (χ0n) is 12.6. The van der Waals surface area contributed by atoms with Gasteiger partial charge in [0.25, 0.3) is 0 Å². The Balaban J connectivity index is 1.84. The Labute approximate surface area is 129 Å². The third-order valence-corrected chi connectivity index (χ3v) is 4.98. The standard InChI is InChI=1S/C15H23N3S2/c1-15(2,3)17-11-13-10-16-14(20-13)18(4)8-7-12-6-5-9-19-12/h5-6,9-10,17H,7-8,11H2,1-4H3. The number of nitrogens with zero attached hydrogens (tertiary/aromatic N) is 2. The molecular formula is C15H23N3S2. The lowest BCUT2D eigenvalue weighted by molar-refractivity contribution is 0.426. The van der Waals surface area contributed by atoms with Crippen molar-refractivity contribution in [3.63, 3.8) is 0 Å². The number of thiazole rings is 1. The van der Waals surface area contributed by atoms with Crippen LogP contribution >= 0.6 is 22.7 Å². The molecule has 0 aromatic carbocycles. The highest BCUT2D eigenvalue weighted by atomic mass is 32.1. The summed E-state index contributed by atoms with van der Waals surface area (Å²) >= 11 is 3.60. The SMILES string of the molecule is CN(CCc1cccs1)c1ncc(CNC(C)(C)C)s1. The molecule has 2 aromatic heterocycles. The Morgan fingerprint density at radius 3 is 2.75 bits per heavy atom. The van der Waals surface area contributed by atoms with Gasteiger partial charge in [0.15, 0.2) is 5.13 Å². The number of likely N-dealkylation sites (N-methyl/N-ethyl adjacent to an activating group) is 1. The van der Waals surface area contributed by atoms with E-state index in [1.54, 1.807) is 11.3 Å². The van der Waals surface area contributed by atoms with E-state index in [4.69, 9.17) is 0 Å². The van der Waals surface area contributed by atoms with Crippen LogP contribution in [0.5, 0.6) is 0 Å². The van der Waals surface area contributed by atoms with Crippen molar-refractivity contribution in [2.75, 3.05) is 18.5 Å². The molecule has 2 aromatic rings.